The molecule has 0 amide bonds. The fraction of sp³-hybridized carbons (Fsp3) is 0.407. The Kier molecular flexibility index (Phi) is 6.30. The Morgan fingerprint density at radius 2 is 1.70 bits per heavy atom. The molecule has 0 radical (unpaired) electrons. The van der Waals surface area contributed by atoms with Crippen LogP contribution in [0.1, 0.15) is 50.4 Å². The molecule has 1 N–H and O–H groups in total. The number of hydrogen-bond acceptors (Lipinski definition) is 4. The van der Waals surface area contributed by atoms with Crippen LogP contribution in [0.3, 0.4) is 0 Å². The van der Waals surface area contributed by atoms with Crippen LogP contribution < -0.4 is 0 Å². The van der Waals surface area contributed by atoms with Crippen molar-refractivity contribution in [3.8, 4) is 0 Å². The van der Waals surface area contributed by atoms with Gasteiger partial charge in [-0.3, -0.25) is 9.69 Å². The van der Waals surface area contributed by atoms with E-state index in [9.17, 15) is 14.7 Å². The first kappa shape index (κ1) is 23.1. The quantitative estimate of drug-likeness (QED) is 0.540. The van der Waals surface area contributed by atoms with E-state index in [1.807, 2.05) is 70.2 Å². The number of carboxylic acid groups (broad SMARTS) is 1. The molecule has 0 aliphatic carbocycles. The summed E-state index contributed by atoms with van der Waals surface area (Å²) >= 11 is 0. The van der Waals surface area contributed by atoms with Gasteiger partial charge in [-0.05, 0) is 24.1 Å². The molecule has 0 bridgehead atoms. The first-order chi connectivity index (χ1) is 15.7. The normalized spacial score (nSPS) is 19.2. The lowest BCUT2D eigenvalue weighted by Crippen LogP contribution is -2.28. The summed E-state index contributed by atoms with van der Waals surface area (Å²) < 4.78 is 6.89. The number of benzene rings is 2. The van der Waals surface area contributed by atoms with Crippen molar-refractivity contribution in [2.24, 2.45) is 5.92 Å². The maximum atomic E-state index is 13.1. The minimum Gasteiger partial charge on any atom is -0.466 e. The van der Waals surface area contributed by atoms with Crippen molar-refractivity contribution >= 4 is 23.0 Å². The van der Waals surface area contributed by atoms with Crippen LogP contribution in [-0.4, -0.2) is 46.3 Å². The predicted molar refractivity (Wildman–Crippen MR) is 129 cm³/mol. The molecule has 0 spiro atoms. The topological polar surface area (TPSA) is 71.8 Å². The fourth-order valence-electron chi connectivity index (χ4n) is 5.21. The Hall–Kier alpha value is -3.12. The maximum Gasteiger partial charge on any atom is 0.416 e. The zero-order valence-corrected chi connectivity index (χ0v) is 19.7. The van der Waals surface area contributed by atoms with Crippen molar-refractivity contribution in [2.75, 3.05) is 19.7 Å². The average Bonchev–Trinajstić information content (AvgIpc) is 3.33. The molecule has 1 aliphatic rings. The average molecular weight is 449 g/mol. The summed E-state index contributed by atoms with van der Waals surface area (Å²) in [5, 5.41) is 11.0. The Morgan fingerprint density at radius 3 is 2.33 bits per heavy atom. The van der Waals surface area contributed by atoms with Gasteiger partial charge in [0.1, 0.15) is 0 Å². The molecule has 1 fully saturated rings. The van der Waals surface area contributed by atoms with Gasteiger partial charge in [0.15, 0.2) is 0 Å². The standard InChI is InChI=1S/C27H32N2O4/c1-5-33-25(30)21-17-28(15-18-11-7-6-8-12-18)16-20(21)23-19-13-9-10-14-22(19)29(26(31)32)24(23)27(2,3)4/h6-14,20-21H,5,15-17H2,1-4H3,(H,31,32)/t20-,21-/m1/s1. The van der Waals surface area contributed by atoms with Gasteiger partial charge in [0.05, 0.1) is 18.0 Å². The summed E-state index contributed by atoms with van der Waals surface area (Å²) in [5.74, 6) is -0.736. The molecule has 0 unspecified atom stereocenters. The van der Waals surface area contributed by atoms with Crippen molar-refractivity contribution in [3.63, 3.8) is 0 Å². The summed E-state index contributed by atoms with van der Waals surface area (Å²) in [6.45, 7) is 10.2. The van der Waals surface area contributed by atoms with Crippen LogP contribution in [0, 0.1) is 5.92 Å². The molecule has 3 aromatic rings. The van der Waals surface area contributed by atoms with Crippen LogP contribution in [0.4, 0.5) is 4.79 Å². The number of aromatic nitrogens is 1. The first-order valence-electron chi connectivity index (χ1n) is 11.5. The zero-order chi connectivity index (χ0) is 23.8. The molecule has 0 saturated carbocycles. The van der Waals surface area contributed by atoms with E-state index in [0.717, 1.165) is 23.2 Å². The number of rotatable bonds is 5. The van der Waals surface area contributed by atoms with E-state index in [2.05, 4.69) is 17.0 Å². The van der Waals surface area contributed by atoms with Crippen molar-refractivity contribution in [3.05, 3.63) is 71.4 Å². The molecule has 174 valence electrons. The molecular formula is C27H32N2O4. The molecule has 2 atom stereocenters. The number of nitrogens with zero attached hydrogens (tertiary/aromatic N) is 2. The zero-order valence-electron chi connectivity index (χ0n) is 19.7. The number of fused-ring (bicyclic) bond motifs is 1. The second kappa shape index (κ2) is 9.02. The lowest BCUT2D eigenvalue weighted by Gasteiger charge is -2.26. The number of ether oxygens (including phenoxy) is 1. The van der Waals surface area contributed by atoms with Gasteiger partial charge in [0.25, 0.3) is 0 Å². The van der Waals surface area contributed by atoms with E-state index >= 15 is 0 Å². The Bertz CT molecular complexity index is 1160. The van der Waals surface area contributed by atoms with Gasteiger partial charge >= 0.3 is 12.1 Å². The van der Waals surface area contributed by atoms with Crippen LogP contribution in [0.25, 0.3) is 10.9 Å². The molecular weight excluding hydrogens is 416 g/mol. The molecule has 4 rings (SSSR count). The van der Waals surface area contributed by atoms with Crippen molar-refractivity contribution in [1.29, 1.82) is 0 Å². The Labute approximate surface area is 194 Å². The van der Waals surface area contributed by atoms with Crippen LogP contribution in [0.2, 0.25) is 0 Å². The highest BCUT2D eigenvalue weighted by molar-refractivity contribution is 5.94. The molecule has 2 aromatic carbocycles. The van der Waals surface area contributed by atoms with Crippen molar-refractivity contribution in [2.45, 2.75) is 45.6 Å². The van der Waals surface area contributed by atoms with E-state index in [-0.39, 0.29) is 17.8 Å². The van der Waals surface area contributed by atoms with E-state index in [0.29, 0.717) is 25.2 Å². The fourth-order valence-corrected chi connectivity index (χ4v) is 5.21. The number of likely N-dealkylation sites (tertiary alicyclic amines) is 1. The number of para-hydroxylation sites is 1. The highest BCUT2D eigenvalue weighted by Gasteiger charge is 2.44. The lowest BCUT2D eigenvalue weighted by molar-refractivity contribution is -0.148. The molecule has 33 heavy (non-hydrogen) atoms. The highest BCUT2D eigenvalue weighted by atomic mass is 16.5. The van der Waals surface area contributed by atoms with Gasteiger partial charge in [-0.25, -0.2) is 9.36 Å². The number of carbonyl (C=O) groups excluding carboxylic acids is 1. The summed E-state index contributed by atoms with van der Waals surface area (Å²) in [7, 11) is 0. The highest BCUT2D eigenvalue weighted by Crippen LogP contribution is 2.44. The van der Waals surface area contributed by atoms with Gasteiger partial charge in [0.2, 0.25) is 0 Å². The summed E-state index contributed by atoms with van der Waals surface area (Å²) in [5.41, 5.74) is 3.11. The second-order valence-electron chi connectivity index (χ2n) is 9.79. The van der Waals surface area contributed by atoms with Gasteiger partial charge < -0.3 is 9.84 Å². The predicted octanol–water partition coefficient (Wildman–Crippen LogP) is 5.24. The van der Waals surface area contributed by atoms with E-state index in [1.165, 1.54) is 10.1 Å². The lowest BCUT2D eigenvalue weighted by atomic mass is 9.80. The first-order valence-corrected chi connectivity index (χ1v) is 11.5. The number of esters is 1. The minimum absolute atomic E-state index is 0.160. The number of hydrogen-bond donors (Lipinski definition) is 1. The summed E-state index contributed by atoms with van der Waals surface area (Å²) in [6, 6.07) is 17.8. The number of carbonyl (C=O) groups is 2. The molecule has 1 aromatic heterocycles. The van der Waals surface area contributed by atoms with Crippen molar-refractivity contribution < 1.29 is 19.4 Å². The Balaban J connectivity index is 1.86. The van der Waals surface area contributed by atoms with Crippen LogP contribution in [-0.2, 0) is 21.5 Å². The summed E-state index contributed by atoms with van der Waals surface area (Å²) in [6.07, 6.45) is -1.01. The largest absolute Gasteiger partial charge is 0.466 e. The van der Waals surface area contributed by atoms with E-state index < -0.39 is 11.5 Å². The maximum absolute atomic E-state index is 13.1. The van der Waals surface area contributed by atoms with Crippen LogP contribution >= 0.6 is 0 Å². The van der Waals surface area contributed by atoms with Gasteiger partial charge in [0, 0.05) is 42.0 Å². The molecule has 1 aliphatic heterocycles. The van der Waals surface area contributed by atoms with Crippen LogP contribution in [0.15, 0.2) is 54.6 Å². The van der Waals surface area contributed by atoms with Crippen molar-refractivity contribution in [1.82, 2.24) is 9.47 Å². The van der Waals surface area contributed by atoms with Crippen LogP contribution in [0.5, 0.6) is 0 Å². The smallest absolute Gasteiger partial charge is 0.416 e. The summed E-state index contributed by atoms with van der Waals surface area (Å²) in [4.78, 5) is 27.8. The molecule has 2 heterocycles. The monoisotopic (exact) mass is 448 g/mol. The van der Waals surface area contributed by atoms with Gasteiger partial charge in [-0.2, -0.15) is 0 Å². The van der Waals surface area contributed by atoms with Gasteiger partial charge in [-0.15, -0.1) is 0 Å². The minimum atomic E-state index is -1.01. The third kappa shape index (κ3) is 4.40. The van der Waals surface area contributed by atoms with E-state index in [1.54, 1.807) is 0 Å². The molecule has 6 heteroatoms. The van der Waals surface area contributed by atoms with Gasteiger partial charge in [-0.1, -0.05) is 69.3 Å². The Morgan fingerprint density at radius 1 is 1.03 bits per heavy atom. The SMILES string of the molecule is CCOC(=O)[C@@H]1CN(Cc2ccccc2)C[C@H]1c1c(C(C)(C)C)n(C(=O)O)c2ccccc12. The third-order valence-corrected chi connectivity index (χ3v) is 6.42. The third-order valence-electron chi connectivity index (χ3n) is 6.42. The molecule has 1 saturated heterocycles. The second-order valence-corrected chi connectivity index (χ2v) is 9.79. The molecule has 6 nitrogen and oxygen atoms in total. The van der Waals surface area contributed by atoms with E-state index in [4.69, 9.17) is 4.74 Å².